The number of fused-ring (bicyclic) bond motifs is 1. The summed E-state index contributed by atoms with van der Waals surface area (Å²) in [6.07, 6.45) is 5.40. The van der Waals surface area contributed by atoms with Crippen molar-refractivity contribution in [1.82, 2.24) is 14.4 Å². The predicted molar refractivity (Wildman–Crippen MR) is 71.1 cm³/mol. The molecule has 3 aromatic rings. The summed E-state index contributed by atoms with van der Waals surface area (Å²) in [5.74, 6) is 0.867. The summed E-state index contributed by atoms with van der Waals surface area (Å²) in [5.41, 5.74) is 1.96. The highest BCUT2D eigenvalue weighted by atomic mass is 79.9. The van der Waals surface area contributed by atoms with Crippen molar-refractivity contribution in [2.75, 3.05) is 0 Å². The van der Waals surface area contributed by atoms with Crippen LogP contribution in [0.4, 0.5) is 0 Å². The number of aromatic nitrogens is 3. The van der Waals surface area contributed by atoms with Gasteiger partial charge < -0.3 is 0 Å². The molecule has 0 saturated heterocycles. The summed E-state index contributed by atoms with van der Waals surface area (Å²) in [6.45, 7) is 0. The highest BCUT2D eigenvalue weighted by molar-refractivity contribution is 9.10. The molecule has 2 heterocycles. The smallest absolute Gasteiger partial charge is 0.145 e. The van der Waals surface area contributed by atoms with Crippen molar-refractivity contribution in [3.63, 3.8) is 0 Å². The van der Waals surface area contributed by atoms with E-state index in [1.807, 2.05) is 34.9 Å². The lowest BCUT2D eigenvalue weighted by molar-refractivity contribution is 1.12. The molecule has 1 aromatic carbocycles. The second kappa shape index (κ2) is 4.13. The monoisotopic (exact) mass is 307 g/mol. The molecule has 0 aliphatic heterocycles. The Bertz CT molecular complexity index is 676. The fourth-order valence-corrected chi connectivity index (χ4v) is 2.29. The summed E-state index contributed by atoms with van der Waals surface area (Å²) in [5, 5.41) is 0.718. The summed E-state index contributed by atoms with van der Waals surface area (Å²) < 4.78 is 2.77. The lowest BCUT2D eigenvalue weighted by Gasteiger charge is -2.00. The molecule has 2 aromatic heterocycles. The van der Waals surface area contributed by atoms with Crippen molar-refractivity contribution >= 4 is 33.0 Å². The minimum Gasteiger partial charge on any atom is -0.296 e. The van der Waals surface area contributed by atoms with Crippen molar-refractivity contribution < 1.29 is 0 Å². The van der Waals surface area contributed by atoms with Crippen LogP contribution < -0.4 is 0 Å². The van der Waals surface area contributed by atoms with Gasteiger partial charge in [0.15, 0.2) is 0 Å². The van der Waals surface area contributed by atoms with E-state index in [9.17, 15) is 0 Å². The normalized spacial score (nSPS) is 10.9. The number of nitrogens with zero attached hydrogens (tertiary/aromatic N) is 3. The Kier molecular flexibility index (Phi) is 2.61. The van der Waals surface area contributed by atoms with E-state index in [0.717, 1.165) is 26.5 Å². The molecule has 0 spiro atoms. The van der Waals surface area contributed by atoms with E-state index in [1.165, 1.54) is 0 Å². The molecular formula is C12H7BrClN3. The van der Waals surface area contributed by atoms with Gasteiger partial charge in [-0.1, -0.05) is 11.6 Å². The third-order valence-corrected chi connectivity index (χ3v) is 3.34. The number of imidazole rings is 1. The van der Waals surface area contributed by atoms with E-state index in [0.29, 0.717) is 0 Å². The van der Waals surface area contributed by atoms with Crippen LogP contribution in [-0.2, 0) is 0 Å². The molecule has 5 heteroatoms. The fraction of sp³-hybridized carbons (Fsp3) is 0. The lowest BCUT2D eigenvalue weighted by atomic mass is 10.2. The van der Waals surface area contributed by atoms with E-state index in [-0.39, 0.29) is 0 Å². The zero-order valence-corrected chi connectivity index (χ0v) is 11.0. The maximum absolute atomic E-state index is 5.88. The number of rotatable bonds is 1. The molecule has 0 amide bonds. The van der Waals surface area contributed by atoms with E-state index < -0.39 is 0 Å². The topological polar surface area (TPSA) is 30.2 Å². The minimum absolute atomic E-state index is 0.718. The van der Waals surface area contributed by atoms with Crippen LogP contribution in [0.15, 0.2) is 47.5 Å². The van der Waals surface area contributed by atoms with Gasteiger partial charge in [0.2, 0.25) is 0 Å². The molecule has 0 aliphatic carbocycles. The van der Waals surface area contributed by atoms with Crippen LogP contribution in [0.3, 0.4) is 0 Å². The highest BCUT2D eigenvalue weighted by Crippen LogP contribution is 2.26. The van der Waals surface area contributed by atoms with Gasteiger partial charge in [-0.25, -0.2) is 4.98 Å². The first-order valence-corrected chi connectivity index (χ1v) is 6.16. The van der Waals surface area contributed by atoms with E-state index >= 15 is 0 Å². The van der Waals surface area contributed by atoms with Crippen LogP contribution in [0.1, 0.15) is 0 Å². The molecule has 0 fully saturated rings. The summed E-state index contributed by atoms with van der Waals surface area (Å²) >= 11 is 9.31. The highest BCUT2D eigenvalue weighted by Gasteiger charge is 2.10. The molecule has 0 radical (unpaired) electrons. The number of benzene rings is 1. The van der Waals surface area contributed by atoms with Crippen molar-refractivity contribution in [2.24, 2.45) is 0 Å². The SMILES string of the molecule is Clc1ccc(-c2nc(Br)c3cnccn23)cc1. The number of halogens is 2. The number of hydrogen-bond acceptors (Lipinski definition) is 2. The Labute approximate surface area is 111 Å². The van der Waals surface area contributed by atoms with E-state index in [2.05, 4.69) is 25.9 Å². The first-order chi connectivity index (χ1) is 8.25. The summed E-state index contributed by atoms with van der Waals surface area (Å²) in [7, 11) is 0. The van der Waals surface area contributed by atoms with Crippen LogP contribution in [0.5, 0.6) is 0 Å². The molecule has 0 bridgehead atoms. The lowest BCUT2D eigenvalue weighted by Crippen LogP contribution is -1.89. The van der Waals surface area contributed by atoms with Crippen molar-refractivity contribution in [2.45, 2.75) is 0 Å². The van der Waals surface area contributed by atoms with Gasteiger partial charge in [0, 0.05) is 23.0 Å². The zero-order chi connectivity index (χ0) is 11.8. The summed E-state index contributed by atoms with van der Waals surface area (Å²) in [4.78, 5) is 8.57. The van der Waals surface area contributed by atoms with Crippen molar-refractivity contribution in [3.8, 4) is 11.4 Å². The van der Waals surface area contributed by atoms with E-state index in [1.54, 1.807) is 12.4 Å². The van der Waals surface area contributed by atoms with Crippen LogP contribution in [0, 0.1) is 0 Å². The van der Waals surface area contributed by atoms with Crippen molar-refractivity contribution in [3.05, 3.63) is 52.5 Å². The molecule has 84 valence electrons. The Morgan fingerprint density at radius 1 is 1.18 bits per heavy atom. The second-order valence-electron chi connectivity index (χ2n) is 3.56. The molecule has 0 saturated carbocycles. The van der Waals surface area contributed by atoms with Crippen LogP contribution >= 0.6 is 27.5 Å². The molecule has 3 rings (SSSR count). The quantitative estimate of drug-likeness (QED) is 0.684. The maximum atomic E-state index is 5.88. The van der Waals surface area contributed by atoms with Crippen LogP contribution in [0.25, 0.3) is 16.9 Å². The third kappa shape index (κ3) is 1.83. The zero-order valence-electron chi connectivity index (χ0n) is 8.64. The molecule has 17 heavy (non-hydrogen) atoms. The maximum Gasteiger partial charge on any atom is 0.145 e. The molecule has 0 aliphatic rings. The Morgan fingerprint density at radius 2 is 1.94 bits per heavy atom. The average Bonchev–Trinajstić information content (AvgIpc) is 2.69. The van der Waals surface area contributed by atoms with Gasteiger partial charge in [0.05, 0.1) is 11.7 Å². The fourth-order valence-electron chi connectivity index (χ4n) is 1.71. The molecule has 3 nitrogen and oxygen atoms in total. The molecule has 0 unspecified atom stereocenters. The van der Waals surface area contributed by atoms with Crippen LogP contribution in [-0.4, -0.2) is 14.4 Å². The Balaban J connectivity index is 2.27. The van der Waals surface area contributed by atoms with Gasteiger partial charge in [-0.15, -0.1) is 0 Å². The minimum atomic E-state index is 0.718. The average molecular weight is 309 g/mol. The Hall–Kier alpha value is -1.39. The van der Waals surface area contributed by atoms with Gasteiger partial charge in [0.1, 0.15) is 10.4 Å². The van der Waals surface area contributed by atoms with Gasteiger partial charge in [-0.2, -0.15) is 0 Å². The number of hydrogen-bond donors (Lipinski definition) is 0. The largest absolute Gasteiger partial charge is 0.296 e. The second-order valence-corrected chi connectivity index (χ2v) is 4.75. The van der Waals surface area contributed by atoms with Gasteiger partial charge in [0.25, 0.3) is 0 Å². The molecule has 0 atom stereocenters. The molecular weight excluding hydrogens is 302 g/mol. The van der Waals surface area contributed by atoms with Gasteiger partial charge >= 0.3 is 0 Å². The Morgan fingerprint density at radius 3 is 2.71 bits per heavy atom. The first-order valence-electron chi connectivity index (χ1n) is 4.99. The van der Waals surface area contributed by atoms with Crippen molar-refractivity contribution in [1.29, 1.82) is 0 Å². The third-order valence-electron chi connectivity index (χ3n) is 2.50. The first kappa shape index (κ1) is 10.7. The van der Waals surface area contributed by atoms with Crippen LogP contribution in [0.2, 0.25) is 5.02 Å². The van der Waals surface area contributed by atoms with Gasteiger partial charge in [-0.3, -0.25) is 9.38 Å². The van der Waals surface area contributed by atoms with E-state index in [4.69, 9.17) is 11.6 Å². The predicted octanol–water partition coefficient (Wildman–Crippen LogP) is 3.81. The molecule has 0 N–H and O–H groups in total. The van der Waals surface area contributed by atoms with Gasteiger partial charge in [-0.05, 0) is 40.2 Å². The summed E-state index contributed by atoms with van der Waals surface area (Å²) in [6, 6.07) is 7.61. The standard InChI is InChI=1S/C12H7BrClN3/c13-11-10-7-15-5-6-17(10)12(16-11)8-1-3-9(14)4-2-8/h1-7H.